The van der Waals surface area contributed by atoms with Gasteiger partial charge >= 0.3 is 0 Å². The number of halogens is 1. The fourth-order valence-corrected chi connectivity index (χ4v) is 4.66. The third kappa shape index (κ3) is 4.81. The predicted molar refractivity (Wildman–Crippen MR) is 141 cm³/mol. The lowest BCUT2D eigenvalue weighted by Gasteiger charge is -2.26. The quantitative estimate of drug-likeness (QED) is 0.214. The Kier molecular flexibility index (Phi) is 7.64. The van der Waals surface area contributed by atoms with Crippen LogP contribution in [0.1, 0.15) is 30.5 Å². The first-order valence-corrected chi connectivity index (χ1v) is 12.2. The van der Waals surface area contributed by atoms with Gasteiger partial charge in [-0.3, -0.25) is 14.5 Å². The number of ketones is 1. The number of aliphatic hydroxyl groups excluding tert-OH is 1. The number of carbonyl (C=O) groups is 2. The van der Waals surface area contributed by atoms with Gasteiger partial charge in [-0.2, -0.15) is 0 Å². The number of ether oxygens (including phenoxy) is 3. The van der Waals surface area contributed by atoms with E-state index in [4.69, 9.17) is 14.2 Å². The molecule has 7 nitrogen and oxygen atoms in total. The van der Waals surface area contributed by atoms with Crippen molar-refractivity contribution in [3.63, 3.8) is 0 Å². The minimum atomic E-state index is -0.871. The smallest absolute Gasteiger partial charge is 0.300 e. The van der Waals surface area contributed by atoms with Gasteiger partial charge in [0.05, 0.1) is 36.9 Å². The number of nitrogens with zero attached hydrogens (tertiary/aromatic N) is 1. The Morgan fingerprint density at radius 1 is 0.972 bits per heavy atom. The monoisotopic (exact) mass is 551 g/mol. The van der Waals surface area contributed by atoms with Crippen molar-refractivity contribution in [3.05, 3.63) is 87.9 Å². The largest absolute Gasteiger partial charge is 0.507 e. The molecule has 0 saturated carbocycles. The Morgan fingerprint density at radius 3 is 2.36 bits per heavy atom. The third-order valence-corrected chi connectivity index (χ3v) is 6.49. The first kappa shape index (κ1) is 25.3. The molecule has 8 heteroatoms. The first-order valence-electron chi connectivity index (χ1n) is 11.4. The van der Waals surface area contributed by atoms with Crippen molar-refractivity contribution in [2.75, 3.05) is 25.7 Å². The Balaban J connectivity index is 1.90. The molecule has 1 aliphatic rings. The molecule has 1 saturated heterocycles. The highest BCUT2D eigenvalue weighted by Gasteiger charge is 2.47. The average Bonchev–Trinajstić information content (AvgIpc) is 3.17. The van der Waals surface area contributed by atoms with Crippen LogP contribution in [0.2, 0.25) is 0 Å². The summed E-state index contributed by atoms with van der Waals surface area (Å²) >= 11 is 3.42. The van der Waals surface area contributed by atoms with E-state index >= 15 is 0 Å². The van der Waals surface area contributed by atoms with Crippen LogP contribution in [-0.4, -0.2) is 37.6 Å². The lowest BCUT2D eigenvalue weighted by molar-refractivity contribution is -0.132. The van der Waals surface area contributed by atoms with Crippen molar-refractivity contribution in [3.8, 4) is 17.2 Å². The summed E-state index contributed by atoms with van der Waals surface area (Å²) < 4.78 is 16.9. The summed E-state index contributed by atoms with van der Waals surface area (Å²) in [7, 11) is 3.09. The normalized spacial score (nSPS) is 16.8. The SMILES string of the molecule is CCCOc1cccc(C2/C(=C(\O)c3ccc(OC)c(Br)c3)C(=O)C(=O)N2c2ccc(OC)cc2)c1. The molecule has 3 aromatic rings. The Labute approximate surface area is 218 Å². The number of amides is 1. The zero-order valence-corrected chi connectivity index (χ0v) is 21.7. The summed E-state index contributed by atoms with van der Waals surface area (Å²) in [5.41, 5.74) is 1.49. The van der Waals surface area contributed by atoms with Crippen LogP contribution in [0.3, 0.4) is 0 Å². The van der Waals surface area contributed by atoms with Crippen molar-refractivity contribution in [1.29, 1.82) is 0 Å². The molecule has 186 valence electrons. The van der Waals surface area contributed by atoms with Crippen molar-refractivity contribution in [1.82, 2.24) is 0 Å². The molecule has 1 unspecified atom stereocenters. The van der Waals surface area contributed by atoms with Crippen LogP contribution in [0, 0.1) is 0 Å². The number of rotatable bonds is 8. The van der Waals surface area contributed by atoms with Crippen LogP contribution in [0.5, 0.6) is 17.2 Å². The predicted octanol–water partition coefficient (Wildman–Crippen LogP) is 5.88. The topological polar surface area (TPSA) is 85.3 Å². The molecule has 0 spiro atoms. The van der Waals surface area contributed by atoms with Gasteiger partial charge in [0.2, 0.25) is 0 Å². The maximum Gasteiger partial charge on any atom is 0.300 e. The molecule has 1 N–H and O–H groups in total. The molecule has 0 radical (unpaired) electrons. The molecule has 1 aliphatic heterocycles. The van der Waals surface area contributed by atoms with Gasteiger partial charge in [-0.1, -0.05) is 19.1 Å². The fourth-order valence-electron chi connectivity index (χ4n) is 4.12. The van der Waals surface area contributed by atoms with E-state index in [1.807, 2.05) is 19.1 Å². The summed E-state index contributed by atoms with van der Waals surface area (Å²) in [6.07, 6.45) is 0.834. The van der Waals surface area contributed by atoms with Crippen LogP contribution in [-0.2, 0) is 9.59 Å². The molecular formula is C28H26BrNO6. The summed E-state index contributed by atoms with van der Waals surface area (Å²) in [5, 5.41) is 11.4. The Morgan fingerprint density at radius 2 is 1.72 bits per heavy atom. The molecule has 0 bridgehead atoms. The van der Waals surface area contributed by atoms with Gasteiger partial charge in [-0.25, -0.2) is 0 Å². The zero-order valence-electron chi connectivity index (χ0n) is 20.2. The standard InChI is InChI=1S/C28H26BrNO6/c1-4-14-36-21-7-5-6-17(15-21)25-24(26(31)18-8-13-23(35-3)22(29)16-18)27(32)28(33)30(25)19-9-11-20(34-2)12-10-19/h5-13,15-16,25,31H,4,14H2,1-3H3/b26-24+. The second kappa shape index (κ2) is 10.9. The van der Waals surface area contributed by atoms with Crippen LogP contribution in [0.15, 0.2) is 76.8 Å². The van der Waals surface area contributed by atoms with E-state index < -0.39 is 17.7 Å². The van der Waals surface area contributed by atoms with Gasteiger partial charge in [-0.05, 0) is 82.5 Å². The van der Waals surface area contributed by atoms with Crippen LogP contribution in [0.25, 0.3) is 5.76 Å². The number of carbonyl (C=O) groups excluding carboxylic acids is 2. The Bertz CT molecular complexity index is 1320. The molecule has 1 heterocycles. The highest BCUT2D eigenvalue weighted by Crippen LogP contribution is 2.43. The third-order valence-electron chi connectivity index (χ3n) is 5.87. The van der Waals surface area contributed by atoms with Gasteiger partial charge in [0, 0.05) is 11.3 Å². The summed E-state index contributed by atoms with van der Waals surface area (Å²) in [5.74, 6) is 0.00579. The average molecular weight is 552 g/mol. The lowest BCUT2D eigenvalue weighted by Crippen LogP contribution is -2.29. The maximum atomic E-state index is 13.4. The second-order valence-electron chi connectivity index (χ2n) is 8.14. The van der Waals surface area contributed by atoms with Crippen LogP contribution < -0.4 is 19.1 Å². The highest BCUT2D eigenvalue weighted by molar-refractivity contribution is 9.10. The highest BCUT2D eigenvalue weighted by atomic mass is 79.9. The number of benzene rings is 3. The molecule has 4 rings (SSSR count). The van der Waals surface area contributed by atoms with Gasteiger partial charge in [0.15, 0.2) is 0 Å². The number of Topliss-reactive ketones (excluding diaryl/α,β-unsaturated/α-hetero) is 1. The Hall–Kier alpha value is -3.78. The van der Waals surface area contributed by atoms with Crippen LogP contribution >= 0.6 is 15.9 Å². The van der Waals surface area contributed by atoms with E-state index in [-0.39, 0.29) is 11.3 Å². The summed E-state index contributed by atoms with van der Waals surface area (Å²) in [4.78, 5) is 28.1. The van der Waals surface area contributed by atoms with Crippen molar-refractivity contribution in [2.45, 2.75) is 19.4 Å². The maximum absolute atomic E-state index is 13.4. The zero-order chi connectivity index (χ0) is 25.8. The van der Waals surface area contributed by atoms with Gasteiger partial charge in [0.1, 0.15) is 23.0 Å². The molecule has 1 amide bonds. The second-order valence-corrected chi connectivity index (χ2v) is 8.99. The van der Waals surface area contributed by atoms with Gasteiger partial charge in [0.25, 0.3) is 11.7 Å². The van der Waals surface area contributed by atoms with Crippen molar-refractivity contribution >= 4 is 39.1 Å². The van der Waals surface area contributed by atoms with Crippen molar-refractivity contribution in [2.24, 2.45) is 0 Å². The minimum absolute atomic E-state index is 0.0134. The molecular weight excluding hydrogens is 526 g/mol. The van der Waals surface area contributed by atoms with Gasteiger partial charge in [-0.15, -0.1) is 0 Å². The fraction of sp³-hybridized carbons (Fsp3) is 0.214. The van der Waals surface area contributed by atoms with E-state index in [9.17, 15) is 14.7 Å². The van der Waals surface area contributed by atoms with E-state index in [1.54, 1.807) is 61.7 Å². The number of anilines is 1. The van der Waals surface area contributed by atoms with E-state index in [0.717, 1.165) is 6.42 Å². The number of hydrogen-bond donors (Lipinski definition) is 1. The number of hydrogen-bond acceptors (Lipinski definition) is 6. The molecule has 0 aliphatic carbocycles. The van der Waals surface area contributed by atoms with Crippen LogP contribution in [0.4, 0.5) is 5.69 Å². The number of methoxy groups -OCH3 is 2. The summed E-state index contributed by atoms with van der Waals surface area (Å²) in [6, 6.07) is 18.2. The molecule has 36 heavy (non-hydrogen) atoms. The molecule has 0 aromatic heterocycles. The summed E-state index contributed by atoms with van der Waals surface area (Å²) in [6.45, 7) is 2.54. The van der Waals surface area contributed by atoms with E-state index in [1.165, 1.54) is 12.0 Å². The van der Waals surface area contributed by atoms with E-state index in [2.05, 4.69) is 15.9 Å². The number of aliphatic hydroxyl groups is 1. The van der Waals surface area contributed by atoms with E-state index in [0.29, 0.717) is 45.1 Å². The minimum Gasteiger partial charge on any atom is -0.507 e. The van der Waals surface area contributed by atoms with Gasteiger partial charge < -0.3 is 19.3 Å². The molecule has 1 fully saturated rings. The molecule has 1 atom stereocenters. The van der Waals surface area contributed by atoms with Crippen molar-refractivity contribution < 1.29 is 28.9 Å². The first-order chi connectivity index (χ1) is 17.4. The molecule has 3 aromatic carbocycles. The lowest BCUT2D eigenvalue weighted by atomic mass is 9.95.